The van der Waals surface area contributed by atoms with Gasteiger partial charge in [0, 0.05) is 30.8 Å². The van der Waals surface area contributed by atoms with Crippen LogP contribution in [0.3, 0.4) is 0 Å². The van der Waals surface area contributed by atoms with Crippen molar-refractivity contribution in [2.75, 3.05) is 0 Å². The summed E-state index contributed by atoms with van der Waals surface area (Å²) in [6.45, 7) is 4.72. The number of fused-ring (bicyclic) bond motifs is 2. The first-order chi connectivity index (χ1) is 12.8. The van der Waals surface area contributed by atoms with Crippen LogP contribution < -0.4 is 15.0 Å². The fourth-order valence-electron chi connectivity index (χ4n) is 3.27. The van der Waals surface area contributed by atoms with E-state index in [0.29, 0.717) is 22.3 Å². The molecule has 140 valence electrons. The second kappa shape index (κ2) is 5.92. The second-order valence-corrected chi connectivity index (χ2v) is 6.94. The number of aromatic nitrogens is 3. The largest absolute Gasteiger partial charge is 0.485 e. The fourth-order valence-corrected chi connectivity index (χ4v) is 3.27. The van der Waals surface area contributed by atoms with Gasteiger partial charge in [0.15, 0.2) is 0 Å². The number of rotatable bonds is 2. The van der Waals surface area contributed by atoms with Crippen LogP contribution in [0.4, 0.5) is 0 Å². The summed E-state index contributed by atoms with van der Waals surface area (Å²) in [5.74, 6) is 0.0982. The Balaban J connectivity index is 1.88. The number of esters is 1. The summed E-state index contributed by atoms with van der Waals surface area (Å²) in [4.78, 5) is 23.8. The fraction of sp³-hybridized carbons (Fsp3) is 0.333. The summed E-state index contributed by atoms with van der Waals surface area (Å²) in [6, 6.07) is 5.31. The van der Waals surface area contributed by atoms with Gasteiger partial charge < -0.3 is 19.1 Å². The van der Waals surface area contributed by atoms with Crippen molar-refractivity contribution >= 4 is 17.0 Å². The van der Waals surface area contributed by atoms with Gasteiger partial charge in [-0.15, -0.1) is 0 Å². The van der Waals surface area contributed by atoms with E-state index in [2.05, 4.69) is 10.3 Å². The Morgan fingerprint density at radius 2 is 1.96 bits per heavy atom. The molecular weight excluding hydrogens is 354 g/mol. The summed E-state index contributed by atoms with van der Waals surface area (Å²) >= 11 is 0. The molecule has 9 nitrogen and oxygen atoms in total. The van der Waals surface area contributed by atoms with Crippen LogP contribution >= 0.6 is 0 Å². The normalized spacial score (nSPS) is 20.7. The topological polar surface area (TPSA) is 117 Å². The van der Waals surface area contributed by atoms with E-state index in [0.717, 1.165) is 0 Å². The number of pyridine rings is 1. The number of aliphatic hydroxyl groups is 1. The Hall–Kier alpha value is -3.20. The zero-order chi connectivity index (χ0) is 19.3. The second-order valence-electron chi connectivity index (χ2n) is 6.94. The number of carbonyl (C=O) groups is 1. The number of benzene rings is 1. The van der Waals surface area contributed by atoms with Gasteiger partial charge in [-0.2, -0.15) is 0 Å². The van der Waals surface area contributed by atoms with Gasteiger partial charge in [-0.05, 0) is 36.3 Å². The summed E-state index contributed by atoms with van der Waals surface area (Å²) in [7, 11) is 0. The third kappa shape index (κ3) is 2.85. The lowest BCUT2D eigenvalue weighted by atomic mass is 9.86. The zero-order valence-electron chi connectivity index (χ0n) is 14.9. The van der Waals surface area contributed by atoms with E-state index in [9.17, 15) is 14.7 Å². The molecule has 0 radical (unpaired) electrons. The third-order valence-electron chi connectivity index (χ3n) is 4.57. The molecule has 2 aromatic heterocycles. The molecule has 4 rings (SSSR count). The molecule has 1 aliphatic heterocycles. The molecule has 0 spiro atoms. The number of hydrogen-bond acceptors (Lipinski definition) is 8. The summed E-state index contributed by atoms with van der Waals surface area (Å²) in [6.07, 6.45) is 0.449. The highest BCUT2D eigenvalue weighted by Gasteiger charge is 2.44. The predicted molar refractivity (Wildman–Crippen MR) is 92.7 cm³/mol. The maximum atomic E-state index is 12.7. The molecule has 0 aliphatic carbocycles. The van der Waals surface area contributed by atoms with E-state index in [4.69, 9.17) is 14.1 Å². The molecule has 1 N–H and O–H groups in total. The molecule has 2 unspecified atom stereocenters. The quantitative estimate of drug-likeness (QED) is 0.673. The molecule has 3 aromatic rings. The van der Waals surface area contributed by atoms with Crippen LogP contribution in [0.2, 0.25) is 0 Å². The Kier molecular flexibility index (Phi) is 3.77. The first-order valence-corrected chi connectivity index (χ1v) is 8.30. The number of hydrogen-bond donors (Lipinski definition) is 1. The summed E-state index contributed by atoms with van der Waals surface area (Å²) in [5.41, 5.74) is 0.180. The van der Waals surface area contributed by atoms with Crippen LogP contribution in [0.5, 0.6) is 11.5 Å². The summed E-state index contributed by atoms with van der Waals surface area (Å²) in [5, 5.41) is 18.5. The lowest BCUT2D eigenvalue weighted by Crippen LogP contribution is -2.52. The van der Waals surface area contributed by atoms with Crippen molar-refractivity contribution in [3.05, 3.63) is 46.4 Å². The number of aliphatic hydroxyl groups excluding tert-OH is 1. The monoisotopic (exact) mass is 371 g/mol. The molecule has 0 saturated heterocycles. The van der Waals surface area contributed by atoms with E-state index >= 15 is 0 Å². The molecule has 9 heteroatoms. The Morgan fingerprint density at radius 3 is 2.63 bits per heavy atom. The van der Waals surface area contributed by atoms with Crippen LogP contribution in [-0.4, -0.2) is 37.7 Å². The summed E-state index contributed by atoms with van der Waals surface area (Å²) < 4.78 is 17.0. The van der Waals surface area contributed by atoms with E-state index in [1.54, 1.807) is 26.0 Å². The van der Waals surface area contributed by atoms with Crippen LogP contribution in [0, 0.1) is 0 Å². The number of nitrogens with zero attached hydrogens (tertiary/aromatic N) is 3. The van der Waals surface area contributed by atoms with Crippen molar-refractivity contribution in [2.24, 2.45) is 0 Å². The van der Waals surface area contributed by atoms with Crippen molar-refractivity contribution < 1.29 is 24.0 Å². The van der Waals surface area contributed by atoms with Crippen molar-refractivity contribution in [1.29, 1.82) is 0 Å². The molecule has 0 amide bonds. The van der Waals surface area contributed by atoms with Crippen LogP contribution in [-0.2, 0) is 4.79 Å². The van der Waals surface area contributed by atoms with Gasteiger partial charge >= 0.3 is 5.97 Å². The van der Waals surface area contributed by atoms with Gasteiger partial charge in [0.2, 0.25) is 0 Å². The van der Waals surface area contributed by atoms with Crippen LogP contribution in [0.25, 0.3) is 11.0 Å². The molecule has 1 aromatic carbocycles. The molecule has 3 heterocycles. The van der Waals surface area contributed by atoms with Gasteiger partial charge in [0.05, 0.1) is 6.04 Å². The molecule has 1 aliphatic rings. The minimum absolute atomic E-state index is 0.140. The molecule has 0 fully saturated rings. The Morgan fingerprint density at radius 1 is 1.26 bits per heavy atom. The maximum Gasteiger partial charge on any atom is 0.308 e. The van der Waals surface area contributed by atoms with E-state index < -0.39 is 29.3 Å². The molecule has 27 heavy (non-hydrogen) atoms. The Bertz CT molecular complexity index is 1100. The number of ether oxygens (including phenoxy) is 2. The van der Waals surface area contributed by atoms with Gasteiger partial charge in [0.25, 0.3) is 5.56 Å². The zero-order valence-corrected chi connectivity index (χ0v) is 14.9. The lowest BCUT2D eigenvalue weighted by Gasteiger charge is -2.42. The highest BCUT2D eigenvalue weighted by molar-refractivity contribution is 5.77. The molecular formula is C18H17N3O6. The van der Waals surface area contributed by atoms with E-state index in [-0.39, 0.29) is 5.75 Å². The molecule has 2 atom stereocenters. The molecule has 0 bridgehead atoms. The van der Waals surface area contributed by atoms with Crippen molar-refractivity contribution in [2.45, 2.75) is 38.5 Å². The van der Waals surface area contributed by atoms with E-state index in [1.807, 2.05) is 0 Å². The average Bonchev–Trinajstić information content (AvgIpc) is 3.02. The first kappa shape index (κ1) is 17.2. The van der Waals surface area contributed by atoms with Crippen molar-refractivity contribution in [1.82, 2.24) is 14.9 Å². The van der Waals surface area contributed by atoms with Gasteiger partial charge in [-0.3, -0.25) is 9.59 Å². The first-order valence-electron chi connectivity index (χ1n) is 8.30. The van der Waals surface area contributed by atoms with E-state index in [1.165, 1.54) is 29.8 Å². The lowest BCUT2D eigenvalue weighted by molar-refractivity contribution is -0.131. The van der Waals surface area contributed by atoms with Crippen LogP contribution in [0.15, 0.2) is 39.9 Å². The minimum Gasteiger partial charge on any atom is -0.485 e. The highest BCUT2D eigenvalue weighted by Crippen LogP contribution is 2.42. The SMILES string of the molecule is CC(=O)Oc1ccn(C2c3cc4nonc4cc3OC(C)(C)C2O)c(=O)c1. The number of carbonyl (C=O) groups excluding carboxylic acids is 1. The van der Waals surface area contributed by atoms with Gasteiger partial charge in [-0.1, -0.05) is 0 Å². The average molecular weight is 371 g/mol. The maximum absolute atomic E-state index is 12.7. The van der Waals surface area contributed by atoms with Gasteiger partial charge in [0.1, 0.15) is 34.2 Å². The minimum atomic E-state index is -1.03. The molecule has 0 saturated carbocycles. The van der Waals surface area contributed by atoms with Crippen molar-refractivity contribution in [3.63, 3.8) is 0 Å². The standard InChI is InChI=1S/C18H17N3O6/c1-9(22)25-10-4-5-21(15(23)6-10)16-11-7-12-13(20-27-19-12)8-14(11)26-18(2,3)17(16)24/h4-8,16-17,24H,1-3H3. The van der Waals surface area contributed by atoms with Crippen LogP contribution in [0.1, 0.15) is 32.4 Å². The van der Waals surface area contributed by atoms with Gasteiger partial charge in [-0.25, -0.2) is 4.63 Å². The predicted octanol–water partition coefficient (Wildman–Crippen LogP) is 1.43. The highest BCUT2D eigenvalue weighted by atomic mass is 16.6. The Labute approximate surface area is 153 Å². The van der Waals surface area contributed by atoms with Crippen molar-refractivity contribution in [3.8, 4) is 11.5 Å². The smallest absolute Gasteiger partial charge is 0.308 e. The third-order valence-corrected chi connectivity index (χ3v) is 4.57.